The van der Waals surface area contributed by atoms with Gasteiger partial charge in [0, 0.05) is 17.5 Å². The summed E-state index contributed by atoms with van der Waals surface area (Å²) < 4.78 is 0. The summed E-state index contributed by atoms with van der Waals surface area (Å²) in [5.74, 6) is 0.982. The van der Waals surface area contributed by atoms with E-state index in [4.69, 9.17) is 4.99 Å². The van der Waals surface area contributed by atoms with E-state index in [9.17, 15) is 5.11 Å². The number of aliphatic imine (C=N–C) groups is 2. The fourth-order valence-corrected chi connectivity index (χ4v) is 5.22. The van der Waals surface area contributed by atoms with Crippen LogP contribution in [0, 0.1) is 0 Å². The molecule has 0 unspecified atom stereocenters. The van der Waals surface area contributed by atoms with E-state index >= 15 is 0 Å². The van der Waals surface area contributed by atoms with Crippen molar-refractivity contribution in [2.75, 3.05) is 0 Å². The molecule has 0 fully saturated rings. The zero-order valence-corrected chi connectivity index (χ0v) is 17.7. The lowest BCUT2D eigenvalue weighted by molar-refractivity contribution is 0.470. The zero-order valence-electron chi connectivity index (χ0n) is 17.7. The first-order valence-corrected chi connectivity index (χ1v) is 10.9. The molecule has 0 spiro atoms. The molecule has 2 aliphatic rings. The lowest BCUT2D eigenvalue weighted by Crippen LogP contribution is -2.02. The predicted molar refractivity (Wildman–Crippen MR) is 131 cm³/mol. The molecular formula is C29H22N2O. The Bertz CT molecular complexity index is 1430. The molecule has 0 atom stereocenters. The standard InChI is InChI=1S/C29H22N2O/c1-30-29(24-13-5-9-20-16-25-23(28(20)24)12-6-14-26(25)32)31-17-21-10-4-8-19-15-18-7-2-3-11-22(18)27(19)21/h2-14,32H,1,15-17H2/b31-29-. The molecule has 0 bridgehead atoms. The molecule has 0 radical (unpaired) electrons. The summed E-state index contributed by atoms with van der Waals surface area (Å²) in [7, 11) is 0. The number of hydrogen-bond donors (Lipinski definition) is 1. The highest BCUT2D eigenvalue weighted by atomic mass is 16.3. The first kappa shape index (κ1) is 18.8. The molecule has 0 aromatic heterocycles. The van der Waals surface area contributed by atoms with E-state index in [0.717, 1.165) is 35.1 Å². The van der Waals surface area contributed by atoms with Gasteiger partial charge < -0.3 is 5.11 Å². The Kier molecular flexibility index (Phi) is 4.29. The van der Waals surface area contributed by atoms with E-state index in [1.165, 1.54) is 33.4 Å². The van der Waals surface area contributed by atoms with E-state index in [2.05, 4.69) is 72.4 Å². The minimum Gasteiger partial charge on any atom is -0.508 e. The topological polar surface area (TPSA) is 45.0 Å². The van der Waals surface area contributed by atoms with Crippen LogP contribution < -0.4 is 0 Å². The van der Waals surface area contributed by atoms with Crippen LogP contribution in [0.15, 0.2) is 88.8 Å². The summed E-state index contributed by atoms with van der Waals surface area (Å²) in [6.07, 6.45) is 1.70. The van der Waals surface area contributed by atoms with Crippen LogP contribution in [0.25, 0.3) is 22.3 Å². The number of nitrogens with zero attached hydrogens (tertiary/aromatic N) is 2. The van der Waals surface area contributed by atoms with Gasteiger partial charge in [0.25, 0.3) is 0 Å². The fourth-order valence-electron chi connectivity index (χ4n) is 5.22. The van der Waals surface area contributed by atoms with Crippen LogP contribution in [0.3, 0.4) is 0 Å². The number of rotatable bonds is 3. The third-order valence-electron chi connectivity index (χ3n) is 6.63. The van der Waals surface area contributed by atoms with Gasteiger partial charge in [-0.05, 0) is 63.7 Å². The van der Waals surface area contributed by atoms with Gasteiger partial charge in [-0.1, -0.05) is 72.8 Å². The van der Waals surface area contributed by atoms with Crippen molar-refractivity contribution in [2.24, 2.45) is 9.98 Å². The largest absolute Gasteiger partial charge is 0.508 e. The lowest BCUT2D eigenvalue weighted by Gasteiger charge is -2.11. The molecule has 2 aliphatic carbocycles. The minimum absolute atomic E-state index is 0.341. The van der Waals surface area contributed by atoms with Gasteiger partial charge in [0.05, 0.1) is 6.54 Å². The summed E-state index contributed by atoms with van der Waals surface area (Å²) >= 11 is 0. The summed E-state index contributed by atoms with van der Waals surface area (Å²) in [6.45, 7) is 4.37. The molecule has 3 heteroatoms. The monoisotopic (exact) mass is 414 g/mol. The maximum atomic E-state index is 10.3. The molecule has 0 saturated carbocycles. The molecule has 0 aliphatic heterocycles. The number of fused-ring (bicyclic) bond motifs is 6. The Balaban J connectivity index is 1.43. The van der Waals surface area contributed by atoms with Crippen LogP contribution in [-0.4, -0.2) is 17.7 Å². The molecule has 4 aromatic carbocycles. The van der Waals surface area contributed by atoms with E-state index in [-0.39, 0.29) is 0 Å². The molecular weight excluding hydrogens is 392 g/mol. The van der Waals surface area contributed by atoms with Gasteiger partial charge in [-0.25, -0.2) is 4.99 Å². The Morgan fingerprint density at radius 3 is 2.34 bits per heavy atom. The first-order chi connectivity index (χ1) is 15.7. The van der Waals surface area contributed by atoms with Crippen LogP contribution in [0.4, 0.5) is 0 Å². The Morgan fingerprint density at radius 1 is 0.750 bits per heavy atom. The van der Waals surface area contributed by atoms with E-state index in [1.54, 1.807) is 6.07 Å². The second-order valence-electron chi connectivity index (χ2n) is 8.40. The third-order valence-corrected chi connectivity index (χ3v) is 6.63. The number of phenolic OH excluding ortho intramolecular Hbond substituents is 1. The van der Waals surface area contributed by atoms with Crippen molar-refractivity contribution >= 4 is 12.6 Å². The molecule has 32 heavy (non-hydrogen) atoms. The number of benzene rings is 4. The van der Waals surface area contributed by atoms with Gasteiger partial charge >= 0.3 is 0 Å². The molecule has 1 N–H and O–H groups in total. The lowest BCUT2D eigenvalue weighted by atomic mass is 9.98. The van der Waals surface area contributed by atoms with Gasteiger partial charge in [-0.3, -0.25) is 4.99 Å². The molecule has 3 nitrogen and oxygen atoms in total. The molecule has 0 saturated heterocycles. The summed E-state index contributed by atoms with van der Waals surface area (Å²) in [5.41, 5.74) is 11.8. The number of aromatic hydroxyl groups is 1. The molecule has 6 rings (SSSR count). The van der Waals surface area contributed by atoms with Crippen molar-refractivity contribution in [2.45, 2.75) is 19.4 Å². The fraction of sp³-hybridized carbons (Fsp3) is 0.103. The number of amidine groups is 1. The van der Waals surface area contributed by atoms with Crippen LogP contribution in [0.5, 0.6) is 5.75 Å². The van der Waals surface area contributed by atoms with Gasteiger partial charge in [-0.2, -0.15) is 0 Å². The third kappa shape index (κ3) is 2.82. The van der Waals surface area contributed by atoms with E-state index < -0.39 is 0 Å². The van der Waals surface area contributed by atoms with Crippen molar-refractivity contribution in [1.29, 1.82) is 0 Å². The highest BCUT2D eigenvalue weighted by molar-refractivity contribution is 6.08. The van der Waals surface area contributed by atoms with Crippen LogP contribution >= 0.6 is 0 Å². The molecule has 154 valence electrons. The summed E-state index contributed by atoms with van der Waals surface area (Å²) in [4.78, 5) is 9.25. The average molecular weight is 415 g/mol. The highest BCUT2D eigenvalue weighted by Gasteiger charge is 2.25. The number of hydrogen-bond acceptors (Lipinski definition) is 2. The van der Waals surface area contributed by atoms with E-state index in [0.29, 0.717) is 18.1 Å². The zero-order chi connectivity index (χ0) is 21.7. The van der Waals surface area contributed by atoms with Gasteiger partial charge in [-0.15, -0.1) is 0 Å². The van der Waals surface area contributed by atoms with Gasteiger partial charge in [0.2, 0.25) is 0 Å². The molecule has 0 heterocycles. The minimum atomic E-state index is 0.341. The van der Waals surface area contributed by atoms with Crippen molar-refractivity contribution in [3.63, 3.8) is 0 Å². The Hall–Kier alpha value is -3.98. The Labute approximate surface area is 187 Å². The van der Waals surface area contributed by atoms with Crippen LogP contribution in [0.2, 0.25) is 0 Å². The SMILES string of the molecule is C=N/C(=N\Cc1cccc2c1-c1ccccc1C2)c1cccc2c1-c1cccc(O)c1C2. The normalized spacial score (nSPS) is 13.3. The highest BCUT2D eigenvalue weighted by Crippen LogP contribution is 2.43. The second-order valence-corrected chi connectivity index (χ2v) is 8.40. The summed E-state index contributed by atoms with van der Waals surface area (Å²) in [5, 5.41) is 10.3. The van der Waals surface area contributed by atoms with Crippen molar-refractivity contribution < 1.29 is 5.11 Å². The van der Waals surface area contributed by atoms with Crippen LogP contribution in [-0.2, 0) is 19.4 Å². The van der Waals surface area contributed by atoms with Gasteiger partial charge in [0.1, 0.15) is 5.75 Å². The molecule has 0 amide bonds. The average Bonchev–Trinajstić information content (AvgIpc) is 3.39. The Morgan fingerprint density at radius 2 is 1.47 bits per heavy atom. The van der Waals surface area contributed by atoms with Crippen molar-refractivity contribution in [1.82, 2.24) is 0 Å². The second kappa shape index (κ2) is 7.31. The number of phenols is 1. The quantitative estimate of drug-likeness (QED) is 0.273. The maximum Gasteiger partial charge on any atom is 0.154 e. The first-order valence-electron chi connectivity index (χ1n) is 10.9. The van der Waals surface area contributed by atoms with Gasteiger partial charge in [0.15, 0.2) is 5.84 Å². The predicted octanol–water partition coefficient (Wildman–Crippen LogP) is 6.18. The van der Waals surface area contributed by atoms with Crippen molar-refractivity contribution in [3.8, 4) is 28.0 Å². The van der Waals surface area contributed by atoms with E-state index in [1.807, 2.05) is 12.1 Å². The molecule has 4 aromatic rings. The van der Waals surface area contributed by atoms with Crippen LogP contribution in [0.1, 0.15) is 33.4 Å². The smallest absolute Gasteiger partial charge is 0.154 e. The maximum absolute atomic E-state index is 10.3. The van der Waals surface area contributed by atoms with Crippen molar-refractivity contribution in [3.05, 3.63) is 112 Å². The summed E-state index contributed by atoms with van der Waals surface area (Å²) in [6, 6.07) is 27.0.